The second-order valence-corrected chi connectivity index (χ2v) is 7.36. The van der Waals surface area contributed by atoms with E-state index in [-0.39, 0.29) is 18.9 Å². The molecule has 1 unspecified atom stereocenters. The molecule has 116 valence electrons. The van der Waals surface area contributed by atoms with Gasteiger partial charge in [-0.15, -0.1) is 3.89 Å². The van der Waals surface area contributed by atoms with Crippen molar-refractivity contribution >= 4 is 39.3 Å². The summed E-state index contributed by atoms with van der Waals surface area (Å²) in [4.78, 5) is 13.3. The summed E-state index contributed by atoms with van der Waals surface area (Å²) in [6.07, 6.45) is 0.576. The van der Waals surface area contributed by atoms with Crippen molar-refractivity contribution in [2.45, 2.75) is 12.8 Å². The lowest BCUT2D eigenvalue weighted by atomic mass is 10.1. The molecule has 0 bridgehead atoms. The Balaban J connectivity index is 1.95. The standard InChI is InChI=1S/C13H14Cl2FNO3S/c14-11-1-2-12(15)10(6-11)3-4-17-7-9(5-13(17)18)8-21(16,19)20/h1-2,6,9H,3-5,7-8H2. The van der Waals surface area contributed by atoms with Crippen LogP contribution in [-0.2, 0) is 21.4 Å². The fraction of sp³-hybridized carbons (Fsp3) is 0.462. The maximum atomic E-state index is 12.7. The fourth-order valence-electron chi connectivity index (χ4n) is 2.45. The highest BCUT2D eigenvalue weighted by Crippen LogP contribution is 2.24. The Hall–Kier alpha value is -0.850. The Morgan fingerprint density at radius 1 is 1.33 bits per heavy atom. The molecular formula is C13H14Cl2FNO3S. The third-order valence-electron chi connectivity index (χ3n) is 3.39. The molecule has 0 saturated carbocycles. The third kappa shape index (κ3) is 4.83. The zero-order chi connectivity index (χ0) is 15.6. The fourth-order valence-corrected chi connectivity index (χ4v) is 3.65. The van der Waals surface area contributed by atoms with Gasteiger partial charge in [0.1, 0.15) is 0 Å². The molecule has 1 aliphatic heterocycles. The molecule has 0 radical (unpaired) electrons. The summed E-state index contributed by atoms with van der Waals surface area (Å²) < 4.78 is 33.9. The van der Waals surface area contributed by atoms with E-state index >= 15 is 0 Å². The van der Waals surface area contributed by atoms with Gasteiger partial charge in [0, 0.05) is 35.5 Å². The average Bonchev–Trinajstić information content (AvgIpc) is 2.68. The van der Waals surface area contributed by atoms with Crippen LogP contribution < -0.4 is 0 Å². The molecule has 2 rings (SSSR count). The summed E-state index contributed by atoms with van der Waals surface area (Å²) >= 11 is 11.9. The van der Waals surface area contributed by atoms with Crippen LogP contribution in [0.2, 0.25) is 10.0 Å². The van der Waals surface area contributed by atoms with E-state index in [1.165, 1.54) is 4.90 Å². The van der Waals surface area contributed by atoms with Crippen LogP contribution in [0.3, 0.4) is 0 Å². The Kier molecular flexibility index (Phi) is 5.11. The molecular weight excluding hydrogens is 340 g/mol. The molecule has 1 amide bonds. The summed E-state index contributed by atoms with van der Waals surface area (Å²) in [6, 6.07) is 5.09. The van der Waals surface area contributed by atoms with Gasteiger partial charge in [-0.3, -0.25) is 4.79 Å². The van der Waals surface area contributed by atoms with Crippen LogP contribution >= 0.6 is 23.2 Å². The topological polar surface area (TPSA) is 54.5 Å². The van der Waals surface area contributed by atoms with Crippen LogP contribution in [0.25, 0.3) is 0 Å². The molecule has 0 aliphatic carbocycles. The number of rotatable bonds is 5. The molecule has 1 aromatic carbocycles. The molecule has 0 N–H and O–H groups in total. The van der Waals surface area contributed by atoms with Crippen molar-refractivity contribution in [3.8, 4) is 0 Å². The molecule has 0 spiro atoms. The van der Waals surface area contributed by atoms with Crippen LogP contribution in [-0.4, -0.2) is 38.1 Å². The summed E-state index contributed by atoms with van der Waals surface area (Å²) in [5.74, 6) is -1.25. The van der Waals surface area contributed by atoms with E-state index in [1.54, 1.807) is 18.2 Å². The lowest BCUT2D eigenvalue weighted by molar-refractivity contribution is -0.127. The van der Waals surface area contributed by atoms with Crippen molar-refractivity contribution in [3.05, 3.63) is 33.8 Å². The lowest BCUT2D eigenvalue weighted by Gasteiger charge is -2.16. The van der Waals surface area contributed by atoms with Gasteiger partial charge in [0.05, 0.1) is 5.75 Å². The van der Waals surface area contributed by atoms with E-state index in [1.807, 2.05) is 0 Å². The van der Waals surface area contributed by atoms with Gasteiger partial charge in [-0.1, -0.05) is 23.2 Å². The summed E-state index contributed by atoms with van der Waals surface area (Å²) in [7, 11) is -4.55. The minimum Gasteiger partial charge on any atom is -0.342 e. The van der Waals surface area contributed by atoms with Gasteiger partial charge in [-0.25, -0.2) is 0 Å². The van der Waals surface area contributed by atoms with E-state index in [0.717, 1.165) is 5.56 Å². The quantitative estimate of drug-likeness (QED) is 0.764. The van der Waals surface area contributed by atoms with Crippen LogP contribution in [0.1, 0.15) is 12.0 Å². The molecule has 1 fully saturated rings. The van der Waals surface area contributed by atoms with Crippen molar-refractivity contribution in [1.82, 2.24) is 4.90 Å². The Morgan fingerprint density at radius 2 is 2.05 bits per heavy atom. The number of nitrogens with zero attached hydrogens (tertiary/aromatic N) is 1. The maximum Gasteiger partial charge on any atom is 0.302 e. The van der Waals surface area contributed by atoms with Crippen LogP contribution in [0.5, 0.6) is 0 Å². The number of carbonyl (C=O) groups is 1. The predicted octanol–water partition coefficient (Wildman–Crippen LogP) is 2.68. The molecule has 1 aliphatic rings. The minimum absolute atomic E-state index is 0.0619. The molecule has 4 nitrogen and oxygen atoms in total. The lowest BCUT2D eigenvalue weighted by Crippen LogP contribution is -2.28. The van der Waals surface area contributed by atoms with Gasteiger partial charge >= 0.3 is 10.2 Å². The molecule has 1 atom stereocenters. The summed E-state index contributed by atoms with van der Waals surface area (Å²) in [5.41, 5.74) is 0.818. The molecule has 1 aromatic rings. The second-order valence-electron chi connectivity index (χ2n) is 5.10. The number of amides is 1. The average molecular weight is 354 g/mol. The molecule has 21 heavy (non-hydrogen) atoms. The first kappa shape index (κ1) is 16.5. The molecule has 8 heteroatoms. The van der Waals surface area contributed by atoms with E-state index < -0.39 is 21.9 Å². The van der Waals surface area contributed by atoms with Gasteiger partial charge in [-0.2, -0.15) is 8.42 Å². The van der Waals surface area contributed by atoms with E-state index in [0.29, 0.717) is 23.0 Å². The van der Waals surface area contributed by atoms with Gasteiger partial charge in [0.2, 0.25) is 5.91 Å². The number of likely N-dealkylation sites (tertiary alicyclic amines) is 1. The highest BCUT2D eigenvalue weighted by atomic mass is 35.5. The summed E-state index contributed by atoms with van der Waals surface area (Å²) in [5, 5.41) is 1.12. The zero-order valence-electron chi connectivity index (χ0n) is 11.1. The number of hydrogen-bond donors (Lipinski definition) is 0. The second kappa shape index (κ2) is 6.50. The van der Waals surface area contributed by atoms with Crippen LogP contribution in [0, 0.1) is 5.92 Å². The first-order valence-electron chi connectivity index (χ1n) is 6.38. The Labute approximate surface area is 133 Å². The van der Waals surface area contributed by atoms with Gasteiger partial charge in [0.25, 0.3) is 0 Å². The van der Waals surface area contributed by atoms with E-state index in [9.17, 15) is 17.1 Å². The van der Waals surface area contributed by atoms with Crippen molar-refractivity contribution < 1.29 is 17.1 Å². The zero-order valence-corrected chi connectivity index (χ0v) is 13.4. The minimum atomic E-state index is -4.55. The van der Waals surface area contributed by atoms with E-state index in [2.05, 4.69) is 0 Å². The highest BCUT2D eigenvalue weighted by Gasteiger charge is 2.32. The van der Waals surface area contributed by atoms with Crippen LogP contribution in [0.4, 0.5) is 3.89 Å². The first-order valence-corrected chi connectivity index (χ1v) is 8.69. The van der Waals surface area contributed by atoms with Crippen molar-refractivity contribution in [3.63, 3.8) is 0 Å². The number of halogens is 3. The first-order chi connectivity index (χ1) is 9.74. The smallest absolute Gasteiger partial charge is 0.302 e. The largest absolute Gasteiger partial charge is 0.342 e. The van der Waals surface area contributed by atoms with Gasteiger partial charge in [0.15, 0.2) is 0 Å². The van der Waals surface area contributed by atoms with Gasteiger partial charge < -0.3 is 4.90 Å². The molecule has 0 aromatic heterocycles. The maximum absolute atomic E-state index is 12.7. The van der Waals surface area contributed by atoms with Crippen molar-refractivity contribution in [2.24, 2.45) is 5.92 Å². The normalized spacial score (nSPS) is 19.3. The van der Waals surface area contributed by atoms with Crippen LogP contribution in [0.15, 0.2) is 18.2 Å². The van der Waals surface area contributed by atoms with Crippen molar-refractivity contribution in [2.75, 3.05) is 18.8 Å². The number of hydrogen-bond acceptors (Lipinski definition) is 3. The van der Waals surface area contributed by atoms with E-state index in [4.69, 9.17) is 23.2 Å². The van der Waals surface area contributed by atoms with Gasteiger partial charge in [-0.05, 0) is 30.2 Å². The summed E-state index contributed by atoms with van der Waals surface area (Å²) in [6.45, 7) is 0.655. The molecule has 1 saturated heterocycles. The predicted molar refractivity (Wildman–Crippen MR) is 79.7 cm³/mol. The SMILES string of the molecule is O=C1CC(CS(=O)(=O)F)CN1CCc1cc(Cl)ccc1Cl. The Morgan fingerprint density at radius 3 is 2.71 bits per heavy atom. The number of carbonyl (C=O) groups excluding carboxylic acids is 1. The number of benzene rings is 1. The monoisotopic (exact) mass is 353 g/mol. The van der Waals surface area contributed by atoms with Crippen molar-refractivity contribution in [1.29, 1.82) is 0 Å². The third-order valence-corrected chi connectivity index (χ3v) is 4.86. The Bertz CT molecular complexity index is 651. The highest BCUT2D eigenvalue weighted by molar-refractivity contribution is 7.86. The molecule has 1 heterocycles.